The number of nitrogens with one attached hydrogen (secondary N) is 1. The molecule has 0 heterocycles. The molecule has 0 saturated heterocycles. The highest BCUT2D eigenvalue weighted by Gasteiger charge is 1.75. The van der Waals surface area contributed by atoms with Gasteiger partial charge in [-0.05, 0) is 18.6 Å². The number of hydrogen-bond donors (Lipinski definition) is 1. The summed E-state index contributed by atoms with van der Waals surface area (Å²) in [5, 5.41) is 6.77. The van der Waals surface area contributed by atoms with E-state index in [9.17, 15) is 0 Å². The molecule has 0 radical (unpaired) electrons. The molecule has 1 N–H and O–H groups in total. The standard InChI is InChI=1S/C7H9N/c1-3-5-7(4-2)6-8/h4-6,8H,1H2,2H3/b7-4-,8-6?. The summed E-state index contributed by atoms with van der Waals surface area (Å²) in [4.78, 5) is 0. The van der Waals surface area contributed by atoms with E-state index in [1.807, 2.05) is 13.0 Å². The highest BCUT2D eigenvalue weighted by atomic mass is 14.3. The fourth-order valence-corrected chi connectivity index (χ4v) is 0.326. The summed E-state index contributed by atoms with van der Waals surface area (Å²) >= 11 is 0. The van der Waals surface area contributed by atoms with Gasteiger partial charge < -0.3 is 5.41 Å². The van der Waals surface area contributed by atoms with Crippen LogP contribution in [0.5, 0.6) is 0 Å². The largest absolute Gasteiger partial charge is 0.308 e. The molecule has 0 aliphatic rings. The quantitative estimate of drug-likeness (QED) is 0.316. The summed E-state index contributed by atoms with van der Waals surface area (Å²) in [5.74, 6) is 0. The maximum atomic E-state index is 6.77. The lowest BCUT2D eigenvalue weighted by Gasteiger charge is -1.80. The Morgan fingerprint density at radius 1 is 1.75 bits per heavy atom. The van der Waals surface area contributed by atoms with Gasteiger partial charge in [0.25, 0.3) is 0 Å². The second-order valence-corrected chi connectivity index (χ2v) is 1.28. The van der Waals surface area contributed by atoms with Crippen LogP contribution in [0, 0.1) is 5.41 Å². The minimum absolute atomic E-state index is 0.833. The van der Waals surface area contributed by atoms with Crippen LogP contribution in [0.2, 0.25) is 0 Å². The van der Waals surface area contributed by atoms with Gasteiger partial charge in [-0.1, -0.05) is 12.7 Å². The molecular formula is C7H9N. The smallest absolute Gasteiger partial charge is 0.0253 e. The van der Waals surface area contributed by atoms with E-state index in [-0.39, 0.29) is 0 Å². The third-order valence-electron chi connectivity index (χ3n) is 0.769. The molecule has 0 aromatic carbocycles. The highest BCUT2D eigenvalue weighted by Crippen LogP contribution is 1.87. The molecule has 0 aliphatic carbocycles. The third kappa shape index (κ3) is 2.17. The van der Waals surface area contributed by atoms with Crippen LogP contribution in [0.1, 0.15) is 6.92 Å². The van der Waals surface area contributed by atoms with E-state index in [0.717, 1.165) is 5.57 Å². The predicted molar refractivity (Wildman–Crippen MR) is 36.3 cm³/mol. The van der Waals surface area contributed by atoms with E-state index in [2.05, 4.69) is 12.3 Å². The van der Waals surface area contributed by atoms with Gasteiger partial charge in [0, 0.05) is 6.21 Å². The van der Waals surface area contributed by atoms with E-state index < -0.39 is 0 Å². The van der Waals surface area contributed by atoms with Crippen molar-refractivity contribution >= 4 is 6.21 Å². The minimum Gasteiger partial charge on any atom is -0.308 e. The molecule has 1 heteroatoms. The summed E-state index contributed by atoms with van der Waals surface area (Å²) in [5.41, 5.74) is 3.41. The van der Waals surface area contributed by atoms with Gasteiger partial charge in [-0.2, -0.15) is 0 Å². The van der Waals surface area contributed by atoms with E-state index in [1.54, 1.807) is 6.08 Å². The van der Waals surface area contributed by atoms with Crippen molar-refractivity contribution in [2.45, 2.75) is 6.92 Å². The van der Waals surface area contributed by atoms with Gasteiger partial charge in [0.2, 0.25) is 0 Å². The monoisotopic (exact) mass is 107 g/mol. The molecule has 0 bridgehead atoms. The first kappa shape index (κ1) is 6.93. The first-order chi connectivity index (χ1) is 3.85. The first-order valence-corrected chi connectivity index (χ1v) is 2.37. The van der Waals surface area contributed by atoms with Gasteiger partial charge in [0.15, 0.2) is 0 Å². The van der Waals surface area contributed by atoms with Crippen molar-refractivity contribution in [1.82, 2.24) is 0 Å². The summed E-state index contributed by atoms with van der Waals surface area (Å²) in [6.07, 6.45) is 4.75. The second kappa shape index (κ2) is 4.10. The van der Waals surface area contributed by atoms with Crippen molar-refractivity contribution in [3.63, 3.8) is 0 Å². The molecule has 0 amide bonds. The average molecular weight is 107 g/mol. The maximum absolute atomic E-state index is 6.77. The Bertz CT molecular complexity index is 148. The van der Waals surface area contributed by atoms with Gasteiger partial charge >= 0.3 is 0 Å². The zero-order chi connectivity index (χ0) is 6.41. The summed E-state index contributed by atoms with van der Waals surface area (Å²) in [6.45, 7) is 5.24. The number of hydrogen-bond acceptors (Lipinski definition) is 1. The lowest BCUT2D eigenvalue weighted by atomic mass is 10.3. The van der Waals surface area contributed by atoms with E-state index >= 15 is 0 Å². The Morgan fingerprint density at radius 2 is 2.38 bits per heavy atom. The summed E-state index contributed by atoms with van der Waals surface area (Å²) < 4.78 is 0. The number of rotatable bonds is 2. The molecule has 0 unspecified atom stereocenters. The average Bonchev–Trinajstić information content (AvgIpc) is 1.83. The van der Waals surface area contributed by atoms with Crippen molar-refractivity contribution in [2.75, 3.05) is 0 Å². The molecule has 0 aliphatic heterocycles. The van der Waals surface area contributed by atoms with Gasteiger partial charge in [0.1, 0.15) is 0 Å². The number of allylic oxidation sites excluding steroid dienone is 3. The molecule has 0 aromatic rings. The molecule has 42 valence electrons. The van der Waals surface area contributed by atoms with E-state index in [1.165, 1.54) is 6.21 Å². The van der Waals surface area contributed by atoms with Crippen molar-refractivity contribution in [1.29, 1.82) is 5.41 Å². The molecule has 0 fully saturated rings. The normalized spacial score (nSPS) is 9.88. The van der Waals surface area contributed by atoms with Crippen molar-refractivity contribution in [3.05, 3.63) is 30.0 Å². The Balaban J connectivity index is 4.12. The molecular weight excluding hydrogens is 98.1 g/mol. The second-order valence-electron chi connectivity index (χ2n) is 1.28. The molecule has 0 spiro atoms. The van der Waals surface area contributed by atoms with Crippen LogP contribution in [-0.2, 0) is 0 Å². The third-order valence-corrected chi connectivity index (χ3v) is 0.769. The molecule has 1 nitrogen and oxygen atoms in total. The zero-order valence-corrected chi connectivity index (χ0v) is 4.94. The van der Waals surface area contributed by atoms with Crippen LogP contribution in [0.25, 0.3) is 0 Å². The SMILES string of the molecule is C=C=C/C(C=N)=C/C. The van der Waals surface area contributed by atoms with Gasteiger partial charge in [-0.15, -0.1) is 5.73 Å². The topological polar surface area (TPSA) is 23.9 Å². The lowest BCUT2D eigenvalue weighted by molar-refractivity contribution is 1.54. The Morgan fingerprint density at radius 3 is 2.50 bits per heavy atom. The fourth-order valence-electron chi connectivity index (χ4n) is 0.326. The van der Waals surface area contributed by atoms with Crippen molar-refractivity contribution < 1.29 is 0 Å². The van der Waals surface area contributed by atoms with Crippen LogP contribution < -0.4 is 0 Å². The molecule has 0 aromatic heterocycles. The van der Waals surface area contributed by atoms with E-state index in [4.69, 9.17) is 5.41 Å². The van der Waals surface area contributed by atoms with Gasteiger partial charge in [-0.3, -0.25) is 0 Å². The Hall–Kier alpha value is -1.07. The molecule has 0 saturated carbocycles. The summed E-state index contributed by atoms with van der Waals surface area (Å²) in [6, 6.07) is 0. The van der Waals surface area contributed by atoms with Crippen LogP contribution in [0.3, 0.4) is 0 Å². The molecule has 0 atom stereocenters. The fraction of sp³-hybridized carbons (Fsp3) is 0.143. The minimum atomic E-state index is 0.833. The maximum Gasteiger partial charge on any atom is 0.0253 e. The Kier molecular flexibility index (Phi) is 3.55. The predicted octanol–water partition coefficient (Wildman–Crippen LogP) is 1.92. The van der Waals surface area contributed by atoms with Crippen LogP contribution in [0.4, 0.5) is 0 Å². The Labute approximate surface area is 49.5 Å². The first-order valence-electron chi connectivity index (χ1n) is 2.37. The van der Waals surface area contributed by atoms with Crippen molar-refractivity contribution in [3.8, 4) is 0 Å². The van der Waals surface area contributed by atoms with Crippen LogP contribution in [-0.4, -0.2) is 6.21 Å². The lowest BCUT2D eigenvalue weighted by Crippen LogP contribution is -1.72. The van der Waals surface area contributed by atoms with Crippen molar-refractivity contribution in [2.24, 2.45) is 0 Å². The molecule has 0 rings (SSSR count). The molecule has 8 heavy (non-hydrogen) atoms. The van der Waals surface area contributed by atoms with Crippen LogP contribution in [0.15, 0.2) is 30.0 Å². The highest BCUT2D eigenvalue weighted by molar-refractivity contribution is 5.79. The van der Waals surface area contributed by atoms with Gasteiger partial charge in [-0.25, -0.2) is 0 Å². The van der Waals surface area contributed by atoms with Crippen LogP contribution >= 0.6 is 0 Å². The zero-order valence-electron chi connectivity index (χ0n) is 4.94. The van der Waals surface area contributed by atoms with Gasteiger partial charge in [0.05, 0.1) is 0 Å². The summed E-state index contributed by atoms with van der Waals surface area (Å²) in [7, 11) is 0. The van der Waals surface area contributed by atoms with E-state index in [0.29, 0.717) is 0 Å².